The van der Waals surface area contributed by atoms with Crippen molar-refractivity contribution in [2.75, 3.05) is 5.73 Å². The number of nitrogen functional groups attached to an aromatic ring is 1. The first-order valence-corrected chi connectivity index (χ1v) is 5.17. The molecule has 0 aromatic heterocycles. The summed E-state index contributed by atoms with van der Waals surface area (Å²) in [5.41, 5.74) is 9.78. The van der Waals surface area contributed by atoms with Crippen molar-refractivity contribution in [1.82, 2.24) is 0 Å². The molecular formula is C13H12ClN. The van der Waals surface area contributed by atoms with Crippen molar-refractivity contribution in [2.45, 2.75) is 6.92 Å². The SMILES string of the molecule is Cc1ccc(-c2ccccc2N)c(Cl)c1. The lowest BCUT2D eigenvalue weighted by molar-refractivity contribution is 1.47. The summed E-state index contributed by atoms with van der Waals surface area (Å²) in [6.07, 6.45) is 0. The molecule has 0 spiro atoms. The van der Waals surface area contributed by atoms with E-state index in [1.165, 1.54) is 0 Å². The number of benzene rings is 2. The summed E-state index contributed by atoms with van der Waals surface area (Å²) in [5.74, 6) is 0. The maximum atomic E-state index is 6.18. The van der Waals surface area contributed by atoms with E-state index in [1.54, 1.807) is 0 Å². The van der Waals surface area contributed by atoms with Gasteiger partial charge in [0.15, 0.2) is 0 Å². The summed E-state index contributed by atoms with van der Waals surface area (Å²) in [6, 6.07) is 13.7. The zero-order valence-corrected chi connectivity index (χ0v) is 9.25. The summed E-state index contributed by atoms with van der Waals surface area (Å²) in [6.45, 7) is 2.02. The maximum Gasteiger partial charge on any atom is 0.0487 e. The molecule has 0 aliphatic carbocycles. The molecule has 2 aromatic rings. The molecular weight excluding hydrogens is 206 g/mol. The van der Waals surface area contributed by atoms with Gasteiger partial charge in [0.2, 0.25) is 0 Å². The summed E-state index contributed by atoms with van der Waals surface area (Å²) >= 11 is 6.18. The van der Waals surface area contributed by atoms with Gasteiger partial charge < -0.3 is 5.73 Å². The van der Waals surface area contributed by atoms with Crippen molar-refractivity contribution >= 4 is 17.3 Å². The fraction of sp³-hybridized carbons (Fsp3) is 0.0769. The van der Waals surface area contributed by atoms with Gasteiger partial charge in [0.1, 0.15) is 0 Å². The average Bonchev–Trinajstić information content (AvgIpc) is 2.20. The second kappa shape index (κ2) is 3.95. The Kier molecular flexibility index (Phi) is 2.65. The maximum absolute atomic E-state index is 6.18. The Hall–Kier alpha value is -1.47. The molecule has 15 heavy (non-hydrogen) atoms. The third kappa shape index (κ3) is 1.97. The van der Waals surface area contributed by atoms with Gasteiger partial charge in [-0.15, -0.1) is 0 Å². The average molecular weight is 218 g/mol. The number of hydrogen-bond donors (Lipinski definition) is 1. The van der Waals surface area contributed by atoms with E-state index >= 15 is 0 Å². The molecule has 0 saturated carbocycles. The van der Waals surface area contributed by atoms with Crippen LogP contribution >= 0.6 is 11.6 Å². The minimum Gasteiger partial charge on any atom is -0.398 e. The van der Waals surface area contributed by atoms with Gasteiger partial charge in [-0.1, -0.05) is 41.9 Å². The van der Waals surface area contributed by atoms with Crippen molar-refractivity contribution < 1.29 is 0 Å². The lowest BCUT2D eigenvalue weighted by Gasteiger charge is -2.08. The highest BCUT2D eigenvalue weighted by atomic mass is 35.5. The molecule has 0 aliphatic heterocycles. The smallest absolute Gasteiger partial charge is 0.0487 e. The quantitative estimate of drug-likeness (QED) is 0.721. The van der Waals surface area contributed by atoms with Crippen molar-refractivity contribution in [3.8, 4) is 11.1 Å². The molecule has 2 heteroatoms. The molecule has 76 valence electrons. The van der Waals surface area contributed by atoms with Gasteiger partial charge in [-0.05, 0) is 24.6 Å². The number of aryl methyl sites for hydroxylation is 1. The van der Waals surface area contributed by atoms with Gasteiger partial charge in [-0.3, -0.25) is 0 Å². The molecule has 0 bridgehead atoms. The zero-order valence-electron chi connectivity index (χ0n) is 8.50. The number of nitrogens with two attached hydrogens (primary N) is 1. The molecule has 0 aliphatic rings. The molecule has 0 heterocycles. The number of hydrogen-bond acceptors (Lipinski definition) is 1. The highest BCUT2D eigenvalue weighted by Crippen LogP contribution is 2.32. The predicted octanol–water partition coefficient (Wildman–Crippen LogP) is 3.90. The van der Waals surface area contributed by atoms with Gasteiger partial charge in [-0.2, -0.15) is 0 Å². The molecule has 0 saturated heterocycles. The largest absolute Gasteiger partial charge is 0.398 e. The van der Waals surface area contributed by atoms with E-state index in [2.05, 4.69) is 0 Å². The van der Waals surface area contributed by atoms with E-state index in [0.29, 0.717) is 0 Å². The zero-order chi connectivity index (χ0) is 10.8. The van der Waals surface area contributed by atoms with Crippen molar-refractivity contribution in [1.29, 1.82) is 0 Å². The number of rotatable bonds is 1. The van der Waals surface area contributed by atoms with E-state index < -0.39 is 0 Å². The van der Waals surface area contributed by atoms with Crippen LogP contribution in [0, 0.1) is 6.92 Å². The molecule has 2 aromatic carbocycles. The summed E-state index contributed by atoms with van der Waals surface area (Å²) in [7, 11) is 0. The molecule has 0 radical (unpaired) electrons. The van der Waals surface area contributed by atoms with Crippen LogP contribution in [0.25, 0.3) is 11.1 Å². The molecule has 2 N–H and O–H groups in total. The Labute approximate surface area is 94.5 Å². The van der Waals surface area contributed by atoms with Crippen LogP contribution in [0.3, 0.4) is 0 Å². The van der Waals surface area contributed by atoms with Crippen LogP contribution in [-0.4, -0.2) is 0 Å². The molecule has 2 rings (SSSR count). The van der Waals surface area contributed by atoms with Gasteiger partial charge in [0.05, 0.1) is 0 Å². The van der Waals surface area contributed by atoms with Gasteiger partial charge in [-0.25, -0.2) is 0 Å². The van der Waals surface area contributed by atoms with Crippen molar-refractivity contribution in [2.24, 2.45) is 0 Å². The highest BCUT2D eigenvalue weighted by Gasteiger charge is 2.05. The van der Waals surface area contributed by atoms with Gasteiger partial charge >= 0.3 is 0 Å². The van der Waals surface area contributed by atoms with Crippen LogP contribution in [0.15, 0.2) is 42.5 Å². The second-order valence-electron chi connectivity index (χ2n) is 3.57. The van der Waals surface area contributed by atoms with E-state index in [1.807, 2.05) is 49.4 Å². The first kappa shape index (κ1) is 10.1. The van der Waals surface area contributed by atoms with E-state index in [0.717, 1.165) is 27.4 Å². The molecule has 0 atom stereocenters. The third-order valence-corrected chi connectivity index (χ3v) is 2.69. The van der Waals surface area contributed by atoms with Crippen LogP contribution in [0.1, 0.15) is 5.56 Å². The Balaban J connectivity index is 2.60. The summed E-state index contributed by atoms with van der Waals surface area (Å²) in [4.78, 5) is 0. The normalized spacial score (nSPS) is 10.3. The first-order valence-electron chi connectivity index (χ1n) is 4.79. The highest BCUT2D eigenvalue weighted by molar-refractivity contribution is 6.33. The third-order valence-electron chi connectivity index (χ3n) is 2.38. The van der Waals surface area contributed by atoms with Crippen LogP contribution in [0.2, 0.25) is 5.02 Å². The minimum atomic E-state index is 0.743. The van der Waals surface area contributed by atoms with E-state index in [4.69, 9.17) is 17.3 Å². The van der Waals surface area contributed by atoms with Crippen LogP contribution in [0.4, 0.5) is 5.69 Å². The monoisotopic (exact) mass is 217 g/mol. The molecule has 0 amide bonds. The lowest BCUT2D eigenvalue weighted by Crippen LogP contribution is -1.90. The molecule has 0 fully saturated rings. The Morgan fingerprint density at radius 2 is 1.73 bits per heavy atom. The second-order valence-corrected chi connectivity index (χ2v) is 3.98. The van der Waals surface area contributed by atoms with E-state index in [-0.39, 0.29) is 0 Å². The fourth-order valence-corrected chi connectivity index (χ4v) is 1.92. The van der Waals surface area contributed by atoms with Crippen LogP contribution < -0.4 is 5.73 Å². The summed E-state index contributed by atoms with van der Waals surface area (Å²) in [5, 5.41) is 0.743. The Morgan fingerprint density at radius 1 is 1.00 bits per heavy atom. The van der Waals surface area contributed by atoms with Gasteiger partial charge in [0.25, 0.3) is 0 Å². The number of anilines is 1. The predicted molar refractivity (Wildman–Crippen MR) is 66.0 cm³/mol. The molecule has 0 unspecified atom stereocenters. The summed E-state index contributed by atoms with van der Waals surface area (Å²) < 4.78 is 0. The topological polar surface area (TPSA) is 26.0 Å². The number of para-hydroxylation sites is 1. The van der Waals surface area contributed by atoms with Crippen LogP contribution in [0.5, 0.6) is 0 Å². The fourth-order valence-electron chi connectivity index (χ4n) is 1.58. The first-order chi connectivity index (χ1) is 7.18. The van der Waals surface area contributed by atoms with E-state index in [9.17, 15) is 0 Å². The Bertz CT molecular complexity index is 492. The lowest BCUT2D eigenvalue weighted by atomic mass is 10.0. The molecule has 1 nitrogen and oxygen atoms in total. The van der Waals surface area contributed by atoms with Crippen LogP contribution in [-0.2, 0) is 0 Å². The number of halogens is 1. The van der Waals surface area contributed by atoms with Crippen molar-refractivity contribution in [3.05, 3.63) is 53.1 Å². The standard InChI is InChI=1S/C13H12ClN/c1-9-6-7-10(12(14)8-9)11-4-2-3-5-13(11)15/h2-8H,15H2,1H3. The minimum absolute atomic E-state index is 0.743. The van der Waals surface area contributed by atoms with Gasteiger partial charge in [0, 0.05) is 21.8 Å². The Morgan fingerprint density at radius 3 is 2.40 bits per heavy atom. The van der Waals surface area contributed by atoms with Crippen molar-refractivity contribution in [3.63, 3.8) is 0 Å².